The quantitative estimate of drug-likeness (QED) is 0.656. The first-order chi connectivity index (χ1) is 11.7. The fourth-order valence-corrected chi connectivity index (χ4v) is 2.78. The van der Waals surface area contributed by atoms with Gasteiger partial charge in [-0.05, 0) is 36.4 Å². The molecule has 3 rings (SSSR count). The van der Waals surface area contributed by atoms with E-state index in [2.05, 4.69) is 15.5 Å². The Morgan fingerprint density at radius 1 is 1.08 bits per heavy atom. The molecule has 0 aliphatic carbocycles. The van der Waals surface area contributed by atoms with Crippen molar-refractivity contribution in [3.63, 3.8) is 0 Å². The van der Waals surface area contributed by atoms with E-state index in [0.717, 1.165) is 11.3 Å². The maximum atomic E-state index is 11.9. The summed E-state index contributed by atoms with van der Waals surface area (Å²) >= 11 is 7.16. The minimum absolute atomic E-state index is 0.0763. The van der Waals surface area contributed by atoms with Crippen molar-refractivity contribution in [1.29, 1.82) is 0 Å². The number of hydrogen-bond acceptors (Lipinski definition) is 5. The van der Waals surface area contributed by atoms with E-state index in [1.54, 1.807) is 24.3 Å². The van der Waals surface area contributed by atoms with E-state index < -0.39 is 0 Å². The molecule has 5 nitrogen and oxygen atoms in total. The number of amides is 1. The van der Waals surface area contributed by atoms with Crippen molar-refractivity contribution >= 4 is 35.0 Å². The second-order valence-corrected chi connectivity index (χ2v) is 6.38. The summed E-state index contributed by atoms with van der Waals surface area (Å²) < 4.78 is 5.58. The molecule has 7 heteroatoms. The summed E-state index contributed by atoms with van der Waals surface area (Å²) in [5, 5.41) is 11.9. The highest BCUT2D eigenvalue weighted by Crippen LogP contribution is 2.23. The maximum Gasteiger partial charge on any atom is 0.276 e. The number of carbonyl (C=O) groups excluding carboxylic acids is 1. The molecule has 0 aliphatic heterocycles. The Hall–Kier alpha value is -2.31. The summed E-state index contributed by atoms with van der Waals surface area (Å²) in [6.07, 6.45) is 0.344. The summed E-state index contributed by atoms with van der Waals surface area (Å²) in [5.74, 6) is 0.951. The highest BCUT2D eigenvalue weighted by molar-refractivity contribution is 7.99. The van der Waals surface area contributed by atoms with Gasteiger partial charge < -0.3 is 9.73 Å². The van der Waals surface area contributed by atoms with E-state index in [1.807, 2.05) is 30.3 Å². The van der Waals surface area contributed by atoms with Crippen LogP contribution >= 0.6 is 23.4 Å². The molecule has 0 saturated carbocycles. The van der Waals surface area contributed by atoms with Crippen LogP contribution in [0.1, 0.15) is 6.42 Å². The van der Waals surface area contributed by atoms with Gasteiger partial charge in [0.1, 0.15) is 0 Å². The van der Waals surface area contributed by atoms with Crippen molar-refractivity contribution < 1.29 is 9.21 Å². The Morgan fingerprint density at radius 3 is 2.58 bits per heavy atom. The maximum absolute atomic E-state index is 11.9. The van der Waals surface area contributed by atoms with Crippen LogP contribution in [0.4, 0.5) is 5.69 Å². The number of nitrogens with one attached hydrogen (secondary N) is 1. The standard InChI is InChI=1S/C17H14ClN3O2S/c18-13-6-8-14(9-7-13)19-15(22)10-11-24-17-21-20-16(23-17)12-4-2-1-3-5-12/h1-9H,10-11H2,(H,19,22). The zero-order valence-corrected chi connectivity index (χ0v) is 14.2. The average molecular weight is 360 g/mol. The fraction of sp³-hybridized carbons (Fsp3) is 0.118. The van der Waals surface area contributed by atoms with E-state index in [0.29, 0.717) is 28.3 Å². The van der Waals surface area contributed by atoms with Gasteiger partial charge in [-0.3, -0.25) is 4.79 Å². The monoisotopic (exact) mass is 359 g/mol. The lowest BCUT2D eigenvalue weighted by Gasteiger charge is -2.04. The molecule has 0 aliphatic rings. The molecule has 2 aromatic carbocycles. The molecule has 1 aromatic heterocycles. The van der Waals surface area contributed by atoms with Crippen LogP contribution < -0.4 is 5.32 Å². The van der Waals surface area contributed by atoms with Crippen LogP contribution in [0.5, 0.6) is 0 Å². The average Bonchev–Trinajstić information content (AvgIpc) is 3.07. The molecule has 0 radical (unpaired) electrons. The Labute approximate surface area is 148 Å². The molecule has 1 amide bonds. The first-order valence-electron chi connectivity index (χ1n) is 7.28. The SMILES string of the molecule is O=C(CCSc1nnc(-c2ccccc2)o1)Nc1ccc(Cl)cc1. The number of thioether (sulfide) groups is 1. The lowest BCUT2D eigenvalue weighted by molar-refractivity contribution is -0.115. The van der Waals surface area contributed by atoms with Crippen LogP contribution in [0, 0.1) is 0 Å². The Kier molecular flexibility index (Phi) is 5.51. The van der Waals surface area contributed by atoms with Gasteiger partial charge in [-0.25, -0.2) is 0 Å². The Morgan fingerprint density at radius 2 is 1.83 bits per heavy atom. The lowest BCUT2D eigenvalue weighted by atomic mass is 10.2. The van der Waals surface area contributed by atoms with Gasteiger partial charge in [0.05, 0.1) is 0 Å². The van der Waals surface area contributed by atoms with Gasteiger partial charge in [0.25, 0.3) is 5.22 Å². The molecule has 0 unspecified atom stereocenters. The molecule has 0 bridgehead atoms. The predicted molar refractivity (Wildman–Crippen MR) is 95.2 cm³/mol. The minimum Gasteiger partial charge on any atom is -0.411 e. The molecule has 0 fully saturated rings. The zero-order chi connectivity index (χ0) is 16.8. The molecule has 1 heterocycles. The van der Waals surface area contributed by atoms with Gasteiger partial charge in [0.15, 0.2) is 0 Å². The molecule has 0 atom stereocenters. The normalized spacial score (nSPS) is 10.5. The largest absolute Gasteiger partial charge is 0.411 e. The van der Waals surface area contributed by atoms with Gasteiger partial charge in [-0.2, -0.15) is 0 Å². The summed E-state index contributed by atoms with van der Waals surface area (Å²) in [6.45, 7) is 0. The number of halogens is 1. The van der Waals surface area contributed by atoms with E-state index >= 15 is 0 Å². The van der Waals surface area contributed by atoms with Crippen LogP contribution in [-0.4, -0.2) is 21.9 Å². The first kappa shape index (κ1) is 16.5. The van der Waals surface area contributed by atoms with Crippen molar-refractivity contribution in [2.24, 2.45) is 0 Å². The van der Waals surface area contributed by atoms with Crippen LogP contribution in [0.15, 0.2) is 64.2 Å². The molecule has 24 heavy (non-hydrogen) atoms. The zero-order valence-electron chi connectivity index (χ0n) is 12.6. The third-order valence-electron chi connectivity index (χ3n) is 3.11. The van der Waals surface area contributed by atoms with Gasteiger partial charge >= 0.3 is 0 Å². The summed E-state index contributed by atoms with van der Waals surface area (Å²) in [5.41, 5.74) is 1.59. The first-order valence-corrected chi connectivity index (χ1v) is 8.64. The fourth-order valence-electron chi connectivity index (χ4n) is 1.95. The van der Waals surface area contributed by atoms with Crippen molar-refractivity contribution in [2.75, 3.05) is 11.1 Å². The Balaban J connectivity index is 1.47. The number of aromatic nitrogens is 2. The van der Waals surface area contributed by atoms with Gasteiger partial charge in [0.2, 0.25) is 11.8 Å². The number of carbonyl (C=O) groups is 1. The highest BCUT2D eigenvalue weighted by Gasteiger charge is 2.10. The molecule has 3 aromatic rings. The van der Waals surface area contributed by atoms with Gasteiger partial charge in [0, 0.05) is 28.4 Å². The third kappa shape index (κ3) is 4.59. The number of rotatable bonds is 6. The minimum atomic E-state index is -0.0763. The second-order valence-electron chi connectivity index (χ2n) is 4.89. The molecule has 0 spiro atoms. The number of benzene rings is 2. The predicted octanol–water partition coefficient (Wildman–Crippen LogP) is 4.51. The molecule has 1 N–H and O–H groups in total. The summed E-state index contributed by atoms with van der Waals surface area (Å²) in [6, 6.07) is 16.5. The molecular weight excluding hydrogens is 346 g/mol. The highest BCUT2D eigenvalue weighted by atomic mass is 35.5. The van der Waals surface area contributed by atoms with Crippen LogP contribution in [0.25, 0.3) is 11.5 Å². The van der Waals surface area contributed by atoms with E-state index in [-0.39, 0.29) is 5.91 Å². The number of hydrogen-bond donors (Lipinski definition) is 1. The van der Waals surface area contributed by atoms with Crippen molar-refractivity contribution in [1.82, 2.24) is 10.2 Å². The number of anilines is 1. The van der Waals surface area contributed by atoms with E-state index in [9.17, 15) is 4.79 Å². The summed E-state index contributed by atoms with van der Waals surface area (Å²) in [7, 11) is 0. The van der Waals surface area contributed by atoms with Crippen molar-refractivity contribution in [2.45, 2.75) is 11.6 Å². The topological polar surface area (TPSA) is 68.0 Å². The second kappa shape index (κ2) is 7.99. The van der Waals surface area contributed by atoms with Crippen LogP contribution in [-0.2, 0) is 4.79 Å². The van der Waals surface area contributed by atoms with E-state index in [1.165, 1.54) is 11.8 Å². The number of nitrogens with zero attached hydrogens (tertiary/aromatic N) is 2. The van der Waals surface area contributed by atoms with Gasteiger partial charge in [-0.15, -0.1) is 10.2 Å². The van der Waals surface area contributed by atoms with E-state index in [4.69, 9.17) is 16.0 Å². The van der Waals surface area contributed by atoms with Crippen LogP contribution in [0.2, 0.25) is 5.02 Å². The summed E-state index contributed by atoms with van der Waals surface area (Å²) in [4.78, 5) is 11.9. The molecule has 0 saturated heterocycles. The molecule has 122 valence electrons. The van der Waals surface area contributed by atoms with Crippen molar-refractivity contribution in [3.05, 3.63) is 59.6 Å². The lowest BCUT2D eigenvalue weighted by Crippen LogP contribution is -2.11. The van der Waals surface area contributed by atoms with Gasteiger partial charge in [-0.1, -0.05) is 41.6 Å². The third-order valence-corrected chi connectivity index (χ3v) is 4.18. The Bertz CT molecular complexity index is 806. The van der Waals surface area contributed by atoms with Crippen LogP contribution in [0.3, 0.4) is 0 Å². The van der Waals surface area contributed by atoms with Crippen molar-refractivity contribution in [3.8, 4) is 11.5 Å². The molecular formula is C17H14ClN3O2S. The smallest absolute Gasteiger partial charge is 0.276 e.